The third kappa shape index (κ3) is 6.22. The summed E-state index contributed by atoms with van der Waals surface area (Å²) in [5, 5.41) is 0. The zero-order valence-electron chi connectivity index (χ0n) is 16.7. The first-order chi connectivity index (χ1) is 10.2. The van der Waals surface area contributed by atoms with Crippen molar-refractivity contribution in [3.8, 4) is 0 Å². The molecule has 0 spiro atoms. The molecule has 22 heavy (non-hydrogen) atoms. The van der Waals surface area contributed by atoms with E-state index in [-0.39, 0.29) is 0 Å². The molecule has 1 nitrogen and oxygen atoms in total. The van der Waals surface area contributed by atoms with Crippen LogP contribution >= 0.6 is 0 Å². The fourth-order valence-corrected chi connectivity index (χ4v) is 4.18. The fraction of sp³-hybridized carbons (Fsp3) is 1.00. The van der Waals surface area contributed by atoms with Gasteiger partial charge in [-0.15, -0.1) is 0 Å². The van der Waals surface area contributed by atoms with Crippen molar-refractivity contribution in [3.63, 3.8) is 0 Å². The Morgan fingerprint density at radius 1 is 1.00 bits per heavy atom. The molecule has 2 atom stereocenters. The van der Waals surface area contributed by atoms with Gasteiger partial charge in [-0.05, 0) is 44.9 Å². The van der Waals surface area contributed by atoms with E-state index in [1.165, 1.54) is 64.3 Å². The Hall–Kier alpha value is -0.0400. The Morgan fingerprint density at radius 3 is 2.05 bits per heavy atom. The van der Waals surface area contributed by atoms with E-state index < -0.39 is 0 Å². The van der Waals surface area contributed by atoms with Crippen LogP contribution in [0.5, 0.6) is 0 Å². The summed E-state index contributed by atoms with van der Waals surface area (Å²) in [5.74, 6) is 0.846. The maximum absolute atomic E-state index is 2.81. The minimum absolute atomic E-state index is 0.387. The van der Waals surface area contributed by atoms with Crippen LogP contribution in [0.2, 0.25) is 0 Å². The second-order valence-electron chi connectivity index (χ2n) is 9.49. The molecule has 0 bridgehead atoms. The predicted molar refractivity (Wildman–Crippen MR) is 100 cm³/mol. The van der Waals surface area contributed by atoms with Crippen LogP contribution in [0.15, 0.2) is 0 Å². The molecular formula is C21H43N. The van der Waals surface area contributed by atoms with Crippen LogP contribution in [0.1, 0.15) is 106 Å². The first-order valence-electron chi connectivity index (χ1n) is 9.95. The zero-order chi connectivity index (χ0) is 16.8. The molecule has 0 aliphatic carbocycles. The van der Waals surface area contributed by atoms with Gasteiger partial charge in [-0.25, -0.2) is 0 Å². The van der Waals surface area contributed by atoms with Gasteiger partial charge in [0.25, 0.3) is 0 Å². The third-order valence-electron chi connectivity index (χ3n) is 5.92. The molecule has 2 unspecified atom stereocenters. The van der Waals surface area contributed by atoms with E-state index in [0.717, 1.165) is 12.0 Å². The van der Waals surface area contributed by atoms with Crippen molar-refractivity contribution in [3.05, 3.63) is 0 Å². The van der Waals surface area contributed by atoms with E-state index in [2.05, 4.69) is 53.4 Å². The van der Waals surface area contributed by atoms with Gasteiger partial charge in [0.1, 0.15) is 0 Å². The van der Waals surface area contributed by atoms with Crippen LogP contribution in [0.25, 0.3) is 0 Å². The molecular weight excluding hydrogens is 266 g/mol. The topological polar surface area (TPSA) is 3.24 Å². The maximum Gasteiger partial charge on any atom is 0.0159 e. The Bertz CT molecular complexity index is 300. The molecule has 0 saturated carbocycles. The molecule has 0 amide bonds. The average molecular weight is 310 g/mol. The Kier molecular flexibility index (Phi) is 7.92. The lowest BCUT2D eigenvalue weighted by atomic mass is 9.78. The number of rotatable bonds is 9. The van der Waals surface area contributed by atoms with E-state index in [1.807, 2.05) is 0 Å². The zero-order valence-corrected chi connectivity index (χ0v) is 16.7. The highest BCUT2D eigenvalue weighted by atomic mass is 15.2. The minimum Gasteiger partial charge on any atom is -0.295 e. The first kappa shape index (κ1) is 20.0. The van der Waals surface area contributed by atoms with E-state index in [0.29, 0.717) is 11.0 Å². The summed E-state index contributed by atoms with van der Waals surface area (Å²) < 4.78 is 0. The second-order valence-corrected chi connectivity index (χ2v) is 9.49. The quantitative estimate of drug-likeness (QED) is 0.430. The summed E-state index contributed by atoms with van der Waals surface area (Å²) in [6.07, 6.45) is 12.7. The van der Waals surface area contributed by atoms with E-state index in [9.17, 15) is 0 Å². The van der Waals surface area contributed by atoms with Gasteiger partial charge in [0.15, 0.2) is 0 Å². The molecule has 0 aromatic rings. The van der Waals surface area contributed by atoms with Crippen LogP contribution in [-0.2, 0) is 0 Å². The summed E-state index contributed by atoms with van der Waals surface area (Å²) in [5.41, 5.74) is 0.837. The summed E-state index contributed by atoms with van der Waals surface area (Å²) in [6.45, 7) is 18.2. The van der Waals surface area contributed by atoms with Crippen molar-refractivity contribution >= 4 is 0 Å². The standard InChI is InChI=1S/C21H43N/c1-8-9-10-11-12-13-14-15-18(2)22-17-19(20(3,4)5)16-21(22,6)7/h18-19H,8-17H2,1-7H3. The van der Waals surface area contributed by atoms with Crippen molar-refractivity contribution in [2.75, 3.05) is 6.54 Å². The monoisotopic (exact) mass is 309 g/mol. The highest BCUT2D eigenvalue weighted by Gasteiger charge is 2.44. The molecule has 1 aliphatic rings. The SMILES string of the molecule is CCCCCCCCCC(C)N1CC(C(C)(C)C)CC1(C)C. The molecule has 0 aromatic heterocycles. The van der Waals surface area contributed by atoms with Crippen molar-refractivity contribution in [2.24, 2.45) is 11.3 Å². The van der Waals surface area contributed by atoms with Gasteiger partial charge in [-0.2, -0.15) is 0 Å². The number of hydrogen-bond donors (Lipinski definition) is 0. The van der Waals surface area contributed by atoms with Gasteiger partial charge in [-0.3, -0.25) is 4.90 Å². The lowest BCUT2D eigenvalue weighted by Gasteiger charge is -2.36. The number of unbranched alkanes of at least 4 members (excludes halogenated alkanes) is 6. The third-order valence-corrected chi connectivity index (χ3v) is 5.92. The number of nitrogens with zero attached hydrogens (tertiary/aromatic N) is 1. The largest absolute Gasteiger partial charge is 0.295 e. The molecule has 1 heterocycles. The fourth-order valence-electron chi connectivity index (χ4n) is 4.18. The van der Waals surface area contributed by atoms with Crippen LogP contribution in [0.4, 0.5) is 0 Å². The maximum atomic E-state index is 2.81. The lowest BCUT2D eigenvalue weighted by Crippen LogP contribution is -2.44. The van der Waals surface area contributed by atoms with Gasteiger partial charge in [-0.1, -0.05) is 72.6 Å². The summed E-state index contributed by atoms with van der Waals surface area (Å²) in [4.78, 5) is 2.81. The highest BCUT2D eigenvalue weighted by Crippen LogP contribution is 2.43. The molecule has 1 rings (SSSR count). The van der Waals surface area contributed by atoms with Crippen molar-refractivity contribution in [1.82, 2.24) is 4.90 Å². The normalized spacial score (nSPS) is 23.9. The Labute approximate surface area is 141 Å². The lowest BCUT2D eigenvalue weighted by molar-refractivity contribution is 0.114. The molecule has 1 aliphatic heterocycles. The van der Waals surface area contributed by atoms with Crippen LogP contribution in [-0.4, -0.2) is 23.0 Å². The first-order valence-corrected chi connectivity index (χ1v) is 9.95. The number of hydrogen-bond acceptors (Lipinski definition) is 1. The molecule has 1 saturated heterocycles. The predicted octanol–water partition coefficient (Wildman–Crippen LogP) is 6.66. The molecule has 0 aromatic carbocycles. The van der Waals surface area contributed by atoms with Crippen LogP contribution in [0, 0.1) is 11.3 Å². The molecule has 132 valence electrons. The smallest absolute Gasteiger partial charge is 0.0159 e. The van der Waals surface area contributed by atoms with E-state index >= 15 is 0 Å². The van der Waals surface area contributed by atoms with E-state index in [4.69, 9.17) is 0 Å². The highest BCUT2D eigenvalue weighted by molar-refractivity contribution is 4.98. The van der Waals surface area contributed by atoms with Crippen LogP contribution in [0.3, 0.4) is 0 Å². The summed E-state index contributed by atoms with van der Waals surface area (Å²) in [6, 6.07) is 0.748. The van der Waals surface area contributed by atoms with E-state index in [1.54, 1.807) is 0 Å². The summed E-state index contributed by atoms with van der Waals surface area (Å²) >= 11 is 0. The molecule has 0 radical (unpaired) electrons. The second kappa shape index (κ2) is 8.71. The van der Waals surface area contributed by atoms with Gasteiger partial charge in [0, 0.05) is 18.1 Å². The summed E-state index contributed by atoms with van der Waals surface area (Å²) in [7, 11) is 0. The molecule has 1 fully saturated rings. The Balaban J connectivity index is 2.31. The van der Waals surface area contributed by atoms with Gasteiger partial charge >= 0.3 is 0 Å². The van der Waals surface area contributed by atoms with Crippen molar-refractivity contribution in [1.29, 1.82) is 0 Å². The van der Waals surface area contributed by atoms with Gasteiger partial charge in [0.05, 0.1) is 0 Å². The van der Waals surface area contributed by atoms with Crippen molar-refractivity contribution in [2.45, 2.75) is 118 Å². The molecule has 0 N–H and O–H groups in total. The minimum atomic E-state index is 0.387. The van der Waals surface area contributed by atoms with Gasteiger partial charge in [0.2, 0.25) is 0 Å². The Morgan fingerprint density at radius 2 is 1.55 bits per heavy atom. The molecule has 1 heteroatoms. The van der Waals surface area contributed by atoms with Crippen molar-refractivity contribution < 1.29 is 0 Å². The number of likely N-dealkylation sites (tertiary alicyclic amines) is 1. The average Bonchev–Trinajstić information content (AvgIpc) is 2.73. The van der Waals surface area contributed by atoms with Gasteiger partial charge < -0.3 is 0 Å². The van der Waals surface area contributed by atoms with Crippen LogP contribution < -0.4 is 0 Å².